The molecule has 1 N–H and O–H groups in total. The molecule has 4 heterocycles. The van der Waals surface area contributed by atoms with Gasteiger partial charge in [0.2, 0.25) is 0 Å². The van der Waals surface area contributed by atoms with Crippen molar-refractivity contribution in [3.05, 3.63) is 52.1 Å². The van der Waals surface area contributed by atoms with Gasteiger partial charge in [0.05, 0.1) is 18.2 Å². The van der Waals surface area contributed by atoms with Crippen LogP contribution in [-0.2, 0) is 10.9 Å². The van der Waals surface area contributed by atoms with Gasteiger partial charge in [0.1, 0.15) is 11.2 Å². The van der Waals surface area contributed by atoms with Crippen LogP contribution in [0.3, 0.4) is 0 Å². The lowest BCUT2D eigenvalue weighted by molar-refractivity contribution is -0.140. The van der Waals surface area contributed by atoms with Gasteiger partial charge in [-0.1, -0.05) is 35.4 Å². The average molecular weight is 488 g/mol. The van der Waals surface area contributed by atoms with Crippen molar-refractivity contribution in [2.45, 2.75) is 38.4 Å². The first-order valence-corrected chi connectivity index (χ1v) is 11.2. The van der Waals surface area contributed by atoms with Crippen molar-refractivity contribution in [1.29, 1.82) is 0 Å². The molecule has 12 heteroatoms. The number of aryl methyl sites for hydroxylation is 1. The second-order valence-corrected chi connectivity index (χ2v) is 8.47. The number of H-pyrrole nitrogens is 1. The zero-order valence-corrected chi connectivity index (χ0v) is 19.1. The minimum atomic E-state index is -4.77. The molecule has 1 fully saturated rings. The van der Waals surface area contributed by atoms with Gasteiger partial charge in [-0.2, -0.15) is 22.8 Å². The van der Waals surface area contributed by atoms with Crippen molar-refractivity contribution in [2.24, 2.45) is 0 Å². The number of nitrogens with zero attached hydrogens (tertiary/aromatic N) is 5. The predicted molar refractivity (Wildman–Crippen MR) is 121 cm³/mol. The maximum absolute atomic E-state index is 13.9. The zero-order valence-electron chi connectivity index (χ0n) is 19.1. The highest BCUT2D eigenvalue weighted by molar-refractivity contribution is 5.81. The number of methoxy groups -OCH3 is 1. The predicted octanol–water partition coefficient (Wildman–Crippen LogP) is 4.07. The standard InChI is InChI=1S/C23H23F3N6O3/c1-13-16(20-28-29-22(35-20)31-11-7-6-10-15(31)12-34-2)21(33)32-19(27-13)17(14-8-4-3-5-9-14)18(30-32)23(24,25)26/h3-5,8-9,15,27H,6-7,10-12H2,1-2H3. The normalized spacial score (nSPS) is 16.8. The summed E-state index contributed by atoms with van der Waals surface area (Å²) in [4.78, 5) is 18.2. The van der Waals surface area contributed by atoms with Gasteiger partial charge in [0, 0.05) is 19.3 Å². The molecule has 1 aromatic carbocycles. The van der Waals surface area contributed by atoms with Gasteiger partial charge in [-0.3, -0.25) is 4.79 Å². The van der Waals surface area contributed by atoms with E-state index in [1.807, 2.05) is 4.90 Å². The number of ether oxygens (including phenoxy) is 1. The smallest absolute Gasteiger partial charge is 0.403 e. The number of aromatic nitrogens is 5. The molecule has 1 aliphatic rings. The Morgan fingerprint density at radius 3 is 2.66 bits per heavy atom. The minimum Gasteiger partial charge on any atom is -0.403 e. The Hall–Kier alpha value is -3.67. The molecule has 1 atom stereocenters. The number of piperidine rings is 1. The first-order chi connectivity index (χ1) is 16.8. The Labute approximate surface area is 197 Å². The number of halogens is 3. The first-order valence-electron chi connectivity index (χ1n) is 11.2. The van der Waals surface area contributed by atoms with Gasteiger partial charge in [-0.25, -0.2) is 0 Å². The van der Waals surface area contributed by atoms with E-state index < -0.39 is 17.4 Å². The molecule has 0 amide bonds. The van der Waals surface area contributed by atoms with Crippen LogP contribution in [0.4, 0.5) is 19.2 Å². The summed E-state index contributed by atoms with van der Waals surface area (Å²) in [6.45, 7) is 2.75. The lowest BCUT2D eigenvalue weighted by Gasteiger charge is -2.33. The molecule has 1 aliphatic heterocycles. The highest BCUT2D eigenvalue weighted by atomic mass is 19.4. The number of anilines is 1. The summed E-state index contributed by atoms with van der Waals surface area (Å²) in [5.74, 6) is -0.0901. The molecule has 0 aliphatic carbocycles. The molecule has 1 saturated heterocycles. The number of aromatic amines is 1. The van der Waals surface area contributed by atoms with E-state index in [4.69, 9.17) is 9.15 Å². The molecule has 0 radical (unpaired) electrons. The van der Waals surface area contributed by atoms with E-state index in [2.05, 4.69) is 20.3 Å². The number of hydrogen-bond acceptors (Lipinski definition) is 7. The molecule has 0 spiro atoms. The van der Waals surface area contributed by atoms with E-state index in [-0.39, 0.29) is 46.0 Å². The van der Waals surface area contributed by atoms with E-state index in [0.29, 0.717) is 17.7 Å². The van der Waals surface area contributed by atoms with Crippen molar-refractivity contribution in [3.63, 3.8) is 0 Å². The lowest BCUT2D eigenvalue weighted by Crippen LogP contribution is -2.42. The largest absolute Gasteiger partial charge is 0.435 e. The summed E-state index contributed by atoms with van der Waals surface area (Å²) >= 11 is 0. The Balaban J connectivity index is 1.64. The molecular weight excluding hydrogens is 465 g/mol. The van der Waals surface area contributed by atoms with Crippen molar-refractivity contribution < 1.29 is 22.3 Å². The van der Waals surface area contributed by atoms with Crippen LogP contribution < -0.4 is 10.5 Å². The van der Waals surface area contributed by atoms with Crippen LogP contribution in [0.2, 0.25) is 0 Å². The quantitative estimate of drug-likeness (QED) is 0.452. The van der Waals surface area contributed by atoms with Gasteiger partial charge in [-0.05, 0) is 31.7 Å². The Kier molecular flexibility index (Phi) is 5.83. The third-order valence-electron chi connectivity index (χ3n) is 6.16. The first kappa shape index (κ1) is 23.1. The summed E-state index contributed by atoms with van der Waals surface area (Å²) in [5, 5.41) is 11.8. The average Bonchev–Trinajstić information content (AvgIpc) is 3.46. The molecule has 5 rings (SSSR count). The molecule has 4 aromatic rings. The van der Waals surface area contributed by atoms with Gasteiger partial charge in [0.15, 0.2) is 5.69 Å². The van der Waals surface area contributed by atoms with E-state index >= 15 is 0 Å². The second kappa shape index (κ2) is 8.84. The fourth-order valence-electron chi connectivity index (χ4n) is 4.57. The topological polar surface area (TPSA) is 102 Å². The van der Waals surface area contributed by atoms with Gasteiger partial charge < -0.3 is 19.0 Å². The molecule has 35 heavy (non-hydrogen) atoms. The van der Waals surface area contributed by atoms with Crippen LogP contribution in [0.25, 0.3) is 28.2 Å². The Morgan fingerprint density at radius 2 is 1.94 bits per heavy atom. The summed E-state index contributed by atoms with van der Waals surface area (Å²) < 4.78 is 53.5. The summed E-state index contributed by atoms with van der Waals surface area (Å²) in [6.07, 6.45) is -1.88. The van der Waals surface area contributed by atoms with Crippen molar-refractivity contribution in [2.75, 3.05) is 25.2 Å². The molecule has 3 aromatic heterocycles. The Bertz CT molecular complexity index is 1410. The number of nitrogens with one attached hydrogen (secondary N) is 1. The van der Waals surface area contributed by atoms with Crippen LogP contribution in [0.15, 0.2) is 39.5 Å². The maximum Gasteiger partial charge on any atom is 0.435 e. The number of alkyl halides is 3. The van der Waals surface area contributed by atoms with Crippen molar-refractivity contribution >= 4 is 11.7 Å². The molecule has 0 saturated carbocycles. The summed E-state index contributed by atoms with van der Waals surface area (Å²) in [7, 11) is 1.62. The minimum absolute atomic E-state index is 0.0348. The van der Waals surface area contributed by atoms with Gasteiger partial charge in [-0.15, -0.1) is 5.10 Å². The summed E-state index contributed by atoms with van der Waals surface area (Å²) in [6, 6.07) is 8.30. The van der Waals surface area contributed by atoms with E-state index in [1.165, 1.54) is 12.1 Å². The number of benzene rings is 1. The second-order valence-electron chi connectivity index (χ2n) is 8.47. The molecule has 184 valence electrons. The number of rotatable bonds is 5. The lowest BCUT2D eigenvalue weighted by atomic mass is 10.0. The van der Waals surface area contributed by atoms with Crippen LogP contribution in [-0.4, -0.2) is 51.1 Å². The molecule has 0 bridgehead atoms. The van der Waals surface area contributed by atoms with E-state index in [1.54, 1.807) is 32.2 Å². The van der Waals surface area contributed by atoms with E-state index in [0.717, 1.165) is 19.3 Å². The third-order valence-corrected chi connectivity index (χ3v) is 6.16. The van der Waals surface area contributed by atoms with Crippen LogP contribution in [0.5, 0.6) is 0 Å². The molecule has 9 nitrogen and oxygen atoms in total. The molecular formula is C23H23F3N6O3. The third kappa shape index (κ3) is 4.07. The fraction of sp³-hybridized carbons (Fsp3) is 0.391. The highest BCUT2D eigenvalue weighted by Gasteiger charge is 2.39. The van der Waals surface area contributed by atoms with Crippen LogP contribution in [0.1, 0.15) is 30.7 Å². The van der Waals surface area contributed by atoms with Crippen molar-refractivity contribution in [1.82, 2.24) is 24.8 Å². The fourth-order valence-corrected chi connectivity index (χ4v) is 4.57. The number of fused-ring (bicyclic) bond motifs is 1. The van der Waals surface area contributed by atoms with Crippen LogP contribution >= 0.6 is 0 Å². The number of hydrogen-bond donors (Lipinski definition) is 1. The SMILES string of the molecule is COCC1CCCCN1c1nnc(-c2c(C)[nH]c3c(-c4ccccc4)c(C(F)(F)F)nn3c2=O)o1. The Morgan fingerprint density at radius 1 is 1.17 bits per heavy atom. The monoisotopic (exact) mass is 488 g/mol. The summed E-state index contributed by atoms with van der Waals surface area (Å²) in [5.41, 5.74) is -1.67. The zero-order chi connectivity index (χ0) is 24.7. The highest BCUT2D eigenvalue weighted by Crippen LogP contribution is 2.38. The van der Waals surface area contributed by atoms with Crippen LogP contribution in [0, 0.1) is 6.92 Å². The van der Waals surface area contributed by atoms with Gasteiger partial charge >= 0.3 is 12.2 Å². The molecule has 1 unspecified atom stereocenters. The van der Waals surface area contributed by atoms with Gasteiger partial charge in [0.25, 0.3) is 11.4 Å². The van der Waals surface area contributed by atoms with Crippen molar-refractivity contribution in [3.8, 4) is 22.6 Å². The van der Waals surface area contributed by atoms with E-state index in [9.17, 15) is 18.0 Å². The maximum atomic E-state index is 13.9.